The maximum absolute atomic E-state index is 12.4. The number of carboxylic acid groups (broad SMARTS) is 1. The number of sulfone groups is 1. The molecular formula is C14H15F2NO5S. The first-order valence-corrected chi connectivity index (χ1v) is 8.33. The van der Waals surface area contributed by atoms with Gasteiger partial charge < -0.3 is 10.0 Å². The Labute approximate surface area is 131 Å². The van der Waals surface area contributed by atoms with E-state index in [0.29, 0.717) is 0 Å². The fourth-order valence-corrected chi connectivity index (χ4v) is 3.25. The molecule has 0 aromatic heterocycles. The molecule has 1 N–H and O–H groups in total. The minimum Gasteiger partial charge on any atom is -0.481 e. The van der Waals surface area contributed by atoms with Crippen molar-refractivity contribution in [2.45, 2.75) is 17.6 Å². The summed E-state index contributed by atoms with van der Waals surface area (Å²) in [5, 5.41) is 9.06. The van der Waals surface area contributed by atoms with Crippen LogP contribution < -0.4 is 0 Å². The standard InChI is InChI=1S/C14H15F2NO5S/c1-8-6-17(7-11(8)13(19)20)12(18)9-2-4-10(5-3-9)23(21,22)14(15)16/h2-5,8,11,14H,6-7H2,1H3,(H,19,20)/t8-,11-/m1/s1. The highest BCUT2D eigenvalue weighted by Gasteiger charge is 2.37. The highest BCUT2D eigenvalue weighted by molar-refractivity contribution is 7.91. The summed E-state index contributed by atoms with van der Waals surface area (Å²) in [4.78, 5) is 24.1. The van der Waals surface area contributed by atoms with Crippen LogP contribution in [0.3, 0.4) is 0 Å². The van der Waals surface area contributed by atoms with Gasteiger partial charge in [-0.3, -0.25) is 9.59 Å². The quantitative estimate of drug-likeness (QED) is 0.891. The van der Waals surface area contributed by atoms with Gasteiger partial charge >= 0.3 is 11.7 Å². The number of carbonyl (C=O) groups is 2. The summed E-state index contributed by atoms with van der Waals surface area (Å²) < 4.78 is 47.5. The van der Waals surface area contributed by atoms with Gasteiger partial charge in [0.2, 0.25) is 9.84 Å². The van der Waals surface area contributed by atoms with E-state index in [0.717, 1.165) is 24.3 Å². The Balaban J connectivity index is 2.18. The van der Waals surface area contributed by atoms with Gasteiger partial charge in [0, 0.05) is 18.7 Å². The van der Waals surface area contributed by atoms with Gasteiger partial charge in [-0.25, -0.2) is 8.42 Å². The molecular weight excluding hydrogens is 332 g/mol. The van der Waals surface area contributed by atoms with Gasteiger partial charge in [0.15, 0.2) is 0 Å². The van der Waals surface area contributed by atoms with Gasteiger partial charge in [-0.15, -0.1) is 0 Å². The lowest BCUT2D eigenvalue weighted by Gasteiger charge is -2.16. The fraction of sp³-hybridized carbons (Fsp3) is 0.429. The zero-order valence-electron chi connectivity index (χ0n) is 12.1. The van der Waals surface area contributed by atoms with Crippen LogP contribution in [0, 0.1) is 11.8 Å². The summed E-state index contributed by atoms with van der Waals surface area (Å²) in [6.45, 7) is 2.06. The summed E-state index contributed by atoms with van der Waals surface area (Å²) in [5.74, 6) is -5.82. The minimum atomic E-state index is -4.70. The van der Waals surface area contributed by atoms with E-state index in [-0.39, 0.29) is 24.6 Å². The fourth-order valence-electron chi connectivity index (χ4n) is 2.53. The largest absolute Gasteiger partial charge is 0.481 e. The Hall–Kier alpha value is -2.03. The van der Waals surface area contributed by atoms with Crippen molar-refractivity contribution in [1.29, 1.82) is 0 Å². The predicted octanol–water partition coefficient (Wildman–Crippen LogP) is 1.48. The Bertz CT molecular complexity index is 717. The van der Waals surface area contributed by atoms with Gasteiger partial charge in [-0.1, -0.05) is 6.92 Å². The lowest BCUT2D eigenvalue weighted by atomic mass is 9.99. The van der Waals surface area contributed by atoms with Crippen LogP contribution >= 0.6 is 0 Å². The number of benzene rings is 1. The molecule has 0 saturated carbocycles. The van der Waals surface area contributed by atoms with Gasteiger partial charge in [0.25, 0.3) is 5.91 Å². The molecule has 0 unspecified atom stereocenters. The van der Waals surface area contributed by atoms with E-state index in [2.05, 4.69) is 0 Å². The van der Waals surface area contributed by atoms with Crippen LogP contribution in [-0.4, -0.2) is 49.1 Å². The zero-order valence-corrected chi connectivity index (χ0v) is 13.0. The highest BCUT2D eigenvalue weighted by Crippen LogP contribution is 2.25. The molecule has 126 valence electrons. The van der Waals surface area contributed by atoms with Crippen LogP contribution in [0.15, 0.2) is 29.2 Å². The van der Waals surface area contributed by atoms with Crippen molar-refractivity contribution in [1.82, 2.24) is 4.90 Å². The number of rotatable bonds is 4. The predicted molar refractivity (Wildman–Crippen MR) is 75.8 cm³/mol. The molecule has 1 aliphatic rings. The van der Waals surface area contributed by atoms with Gasteiger partial charge in [0.05, 0.1) is 10.8 Å². The second-order valence-corrected chi connectivity index (χ2v) is 7.38. The Morgan fingerprint density at radius 2 is 1.78 bits per heavy atom. The van der Waals surface area contributed by atoms with Crippen LogP contribution in [0.5, 0.6) is 0 Å². The molecule has 1 heterocycles. The highest BCUT2D eigenvalue weighted by atomic mass is 32.2. The summed E-state index contributed by atoms with van der Waals surface area (Å²) >= 11 is 0. The van der Waals surface area contributed by atoms with Crippen LogP contribution in [0.1, 0.15) is 17.3 Å². The van der Waals surface area contributed by atoms with Crippen molar-refractivity contribution in [3.05, 3.63) is 29.8 Å². The molecule has 1 saturated heterocycles. The van der Waals surface area contributed by atoms with Crippen molar-refractivity contribution in [2.24, 2.45) is 11.8 Å². The van der Waals surface area contributed by atoms with E-state index in [1.165, 1.54) is 4.90 Å². The van der Waals surface area contributed by atoms with Crippen LogP contribution in [0.2, 0.25) is 0 Å². The van der Waals surface area contributed by atoms with Gasteiger partial charge in [-0.2, -0.15) is 8.78 Å². The Kier molecular flexibility index (Phi) is 4.69. The van der Waals surface area contributed by atoms with Crippen LogP contribution in [0.4, 0.5) is 8.78 Å². The first-order chi connectivity index (χ1) is 10.6. The molecule has 2 rings (SSSR count). The van der Waals surface area contributed by atoms with E-state index >= 15 is 0 Å². The number of likely N-dealkylation sites (tertiary alicyclic amines) is 1. The van der Waals surface area contributed by atoms with E-state index in [1.54, 1.807) is 6.92 Å². The van der Waals surface area contributed by atoms with Crippen molar-refractivity contribution < 1.29 is 31.9 Å². The summed E-state index contributed by atoms with van der Waals surface area (Å²) in [7, 11) is -4.70. The average molecular weight is 347 g/mol. The van der Waals surface area contributed by atoms with E-state index in [9.17, 15) is 26.8 Å². The van der Waals surface area contributed by atoms with Crippen LogP contribution in [-0.2, 0) is 14.6 Å². The number of carbonyl (C=O) groups excluding carboxylic acids is 1. The maximum Gasteiger partial charge on any atom is 0.341 e. The lowest BCUT2D eigenvalue weighted by molar-refractivity contribution is -0.142. The molecule has 0 spiro atoms. The molecule has 1 aliphatic heterocycles. The molecule has 0 aliphatic carbocycles. The maximum atomic E-state index is 12.4. The monoisotopic (exact) mass is 347 g/mol. The number of amides is 1. The summed E-state index contributed by atoms with van der Waals surface area (Å²) in [6, 6.07) is 4.19. The Morgan fingerprint density at radius 1 is 1.22 bits per heavy atom. The molecule has 1 aromatic carbocycles. The number of hydrogen-bond acceptors (Lipinski definition) is 4. The molecule has 6 nitrogen and oxygen atoms in total. The smallest absolute Gasteiger partial charge is 0.341 e. The molecule has 1 aromatic rings. The Morgan fingerprint density at radius 3 is 2.22 bits per heavy atom. The molecule has 1 amide bonds. The molecule has 0 radical (unpaired) electrons. The minimum absolute atomic E-state index is 0.0619. The van der Waals surface area contributed by atoms with E-state index in [4.69, 9.17) is 5.11 Å². The number of hydrogen-bond donors (Lipinski definition) is 1. The first-order valence-electron chi connectivity index (χ1n) is 6.78. The molecule has 0 bridgehead atoms. The molecule has 23 heavy (non-hydrogen) atoms. The number of aliphatic carboxylic acids is 1. The number of halogens is 2. The SMILES string of the molecule is C[C@@H]1CN(C(=O)c2ccc(S(=O)(=O)C(F)F)cc2)C[C@H]1C(=O)O. The molecule has 1 fully saturated rings. The zero-order chi connectivity index (χ0) is 17.4. The third kappa shape index (κ3) is 3.34. The second-order valence-electron chi connectivity index (χ2n) is 5.46. The van der Waals surface area contributed by atoms with Crippen molar-refractivity contribution in [3.63, 3.8) is 0 Å². The van der Waals surface area contributed by atoms with Crippen molar-refractivity contribution in [3.8, 4) is 0 Å². The van der Waals surface area contributed by atoms with Gasteiger partial charge in [0.1, 0.15) is 0 Å². The van der Waals surface area contributed by atoms with Crippen molar-refractivity contribution in [2.75, 3.05) is 13.1 Å². The normalized spacial score (nSPS) is 21.7. The van der Waals surface area contributed by atoms with Crippen molar-refractivity contribution >= 4 is 21.7 Å². The third-order valence-electron chi connectivity index (χ3n) is 3.88. The molecule has 9 heteroatoms. The average Bonchev–Trinajstić information content (AvgIpc) is 2.88. The summed E-state index contributed by atoms with van der Waals surface area (Å²) in [6.07, 6.45) is 0. The lowest BCUT2D eigenvalue weighted by Crippen LogP contribution is -2.30. The summed E-state index contributed by atoms with van der Waals surface area (Å²) in [5.41, 5.74) is 0.122. The number of nitrogens with zero attached hydrogens (tertiary/aromatic N) is 1. The van der Waals surface area contributed by atoms with E-state index < -0.39 is 38.3 Å². The topological polar surface area (TPSA) is 91.8 Å². The molecule has 2 atom stereocenters. The number of alkyl halides is 2. The third-order valence-corrected chi connectivity index (χ3v) is 5.28. The van der Waals surface area contributed by atoms with E-state index in [1.807, 2.05) is 0 Å². The number of carboxylic acids is 1. The first kappa shape index (κ1) is 17.3. The second kappa shape index (κ2) is 6.23. The van der Waals surface area contributed by atoms with Crippen LogP contribution in [0.25, 0.3) is 0 Å². The van der Waals surface area contributed by atoms with Gasteiger partial charge in [-0.05, 0) is 30.2 Å².